The lowest BCUT2D eigenvalue weighted by Crippen LogP contribution is -2.49. The Morgan fingerprint density at radius 2 is 1.94 bits per heavy atom. The normalized spacial score (nSPS) is 33.7. The molecule has 6 atom stereocenters. The lowest BCUT2D eigenvalue weighted by Gasteiger charge is -2.49. The van der Waals surface area contributed by atoms with Gasteiger partial charge in [0.15, 0.2) is 0 Å². The Hall–Kier alpha value is -2.92. The van der Waals surface area contributed by atoms with Crippen LogP contribution in [0.15, 0.2) is 52.9 Å². The number of allylic oxidation sites excluding steroid dienone is 1. The Morgan fingerprint density at radius 3 is 2.71 bits per heavy atom. The van der Waals surface area contributed by atoms with Gasteiger partial charge in [0, 0.05) is 55.3 Å². The Bertz CT molecular complexity index is 1860. The molecule has 52 heavy (non-hydrogen) atoms. The number of fused-ring (bicyclic) bond motifs is 4. The summed E-state index contributed by atoms with van der Waals surface area (Å²) in [5.74, 6) is 0.382. The summed E-state index contributed by atoms with van der Waals surface area (Å²) in [7, 11) is -1.64. The van der Waals surface area contributed by atoms with E-state index in [9.17, 15) is 13.8 Å². The van der Waals surface area contributed by atoms with Crippen LogP contribution in [0.1, 0.15) is 86.2 Å². The van der Waals surface area contributed by atoms with Crippen molar-refractivity contribution in [3.05, 3.63) is 70.3 Å². The molecule has 2 aromatic carbocycles. The second-order valence-electron chi connectivity index (χ2n) is 16.6. The summed E-state index contributed by atoms with van der Waals surface area (Å²) in [6.07, 6.45) is 13.5. The number of aryl methyl sites for hydroxylation is 1. The number of carbonyl (C=O) groups is 2. The third-order valence-electron chi connectivity index (χ3n) is 13.1. The van der Waals surface area contributed by atoms with Crippen molar-refractivity contribution in [3.63, 3.8) is 0 Å². The molecule has 2 bridgehead atoms. The molecular weight excluding hydrogens is 698 g/mol. The third-order valence-corrected chi connectivity index (χ3v) is 15.3. The quantitative estimate of drug-likeness (QED) is 0.329. The molecule has 2 amide bonds. The highest BCUT2D eigenvalue weighted by Gasteiger charge is 2.48. The van der Waals surface area contributed by atoms with Gasteiger partial charge in [-0.15, -0.1) is 4.36 Å². The second kappa shape index (κ2) is 14.4. The maximum atomic E-state index is 14.6. The van der Waals surface area contributed by atoms with E-state index in [-0.39, 0.29) is 40.4 Å². The smallest absolute Gasteiger partial charge is 0.286 e. The number of hydrogen-bond donors (Lipinski definition) is 1. The minimum absolute atomic E-state index is 0.0363. The van der Waals surface area contributed by atoms with Gasteiger partial charge in [0.05, 0.1) is 24.2 Å². The number of carbonyl (C=O) groups excluding carboxylic acids is 2. The summed E-state index contributed by atoms with van der Waals surface area (Å²) >= 11 is 6.47. The van der Waals surface area contributed by atoms with Crippen LogP contribution in [0.4, 0.5) is 5.69 Å². The molecule has 2 aromatic rings. The second-order valence-corrected chi connectivity index (χ2v) is 19.1. The first kappa shape index (κ1) is 36.1. The van der Waals surface area contributed by atoms with E-state index < -0.39 is 15.8 Å². The largest absolute Gasteiger partial charge is 0.490 e. The van der Waals surface area contributed by atoms with E-state index in [2.05, 4.69) is 38.3 Å². The minimum Gasteiger partial charge on any atom is -0.490 e. The number of methoxy groups -OCH3 is 1. The van der Waals surface area contributed by atoms with Gasteiger partial charge in [-0.2, -0.15) is 0 Å². The maximum absolute atomic E-state index is 14.6. The highest BCUT2D eigenvalue weighted by molar-refractivity contribution is 7.92. The van der Waals surface area contributed by atoms with E-state index in [4.69, 9.17) is 25.8 Å². The highest BCUT2D eigenvalue weighted by atomic mass is 35.5. The first-order chi connectivity index (χ1) is 25.1. The number of anilines is 1. The summed E-state index contributed by atoms with van der Waals surface area (Å²) in [5.41, 5.74) is 3.64. The zero-order valence-electron chi connectivity index (χ0n) is 30.4. The molecule has 2 spiro atoms. The van der Waals surface area contributed by atoms with Crippen LogP contribution in [-0.2, 0) is 36.0 Å². The van der Waals surface area contributed by atoms with Gasteiger partial charge in [-0.1, -0.05) is 36.7 Å². The molecule has 1 saturated heterocycles. The van der Waals surface area contributed by atoms with E-state index in [1.165, 1.54) is 11.1 Å². The summed E-state index contributed by atoms with van der Waals surface area (Å²) in [4.78, 5) is 30.1. The van der Waals surface area contributed by atoms with Crippen molar-refractivity contribution in [2.24, 2.45) is 33.4 Å². The van der Waals surface area contributed by atoms with Crippen LogP contribution >= 0.6 is 11.6 Å². The predicted octanol–water partition coefficient (Wildman–Crippen LogP) is 7.30. The molecule has 11 heteroatoms. The van der Waals surface area contributed by atoms with Crippen LogP contribution in [0.3, 0.4) is 0 Å². The van der Waals surface area contributed by atoms with Crippen LogP contribution in [0.5, 0.6) is 5.75 Å². The number of amides is 2. The van der Waals surface area contributed by atoms with Crippen molar-refractivity contribution in [3.8, 4) is 5.75 Å². The predicted molar refractivity (Wildman–Crippen MR) is 203 cm³/mol. The first-order valence-corrected chi connectivity index (χ1v) is 21.3. The van der Waals surface area contributed by atoms with Crippen LogP contribution in [0, 0.1) is 29.1 Å². The van der Waals surface area contributed by atoms with Gasteiger partial charge in [-0.25, -0.2) is 4.21 Å². The van der Waals surface area contributed by atoms with Crippen molar-refractivity contribution in [2.75, 3.05) is 50.7 Å². The van der Waals surface area contributed by atoms with E-state index in [0.717, 1.165) is 101 Å². The molecule has 6 aliphatic rings. The van der Waals surface area contributed by atoms with Crippen LogP contribution in [-0.4, -0.2) is 67.9 Å². The van der Waals surface area contributed by atoms with Crippen LogP contribution in [0.2, 0.25) is 5.02 Å². The number of nitrogens with one attached hydrogen (secondary N) is 1. The summed E-state index contributed by atoms with van der Waals surface area (Å²) in [5, 5.41) is 0.750. The number of ether oxygens (including phenoxy) is 3. The molecule has 3 fully saturated rings. The zero-order chi connectivity index (χ0) is 36.1. The average Bonchev–Trinajstić information content (AvgIpc) is 3.24. The number of hydrogen-bond acceptors (Lipinski definition) is 7. The van der Waals surface area contributed by atoms with Gasteiger partial charge >= 0.3 is 0 Å². The van der Waals surface area contributed by atoms with Crippen LogP contribution in [0.25, 0.3) is 0 Å². The summed E-state index contributed by atoms with van der Waals surface area (Å²) in [6, 6.07) is 11.7. The van der Waals surface area contributed by atoms with E-state index in [1.54, 1.807) is 13.2 Å². The Labute approximate surface area is 313 Å². The fourth-order valence-corrected chi connectivity index (χ4v) is 12.2. The van der Waals surface area contributed by atoms with Gasteiger partial charge in [0.2, 0.25) is 5.91 Å². The number of benzene rings is 2. The maximum Gasteiger partial charge on any atom is 0.286 e. The number of halogens is 1. The van der Waals surface area contributed by atoms with Gasteiger partial charge in [0.1, 0.15) is 15.7 Å². The fourth-order valence-electron chi connectivity index (χ4n) is 9.99. The molecule has 1 N–H and O–H groups in total. The van der Waals surface area contributed by atoms with Crippen molar-refractivity contribution in [1.29, 1.82) is 0 Å². The van der Waals surface area contributed by atoms with Crippen molar-refractivity contribution in [1.82, 2.24) is 4.72 Å². The molecule has 0 aromatic heterocycles. The highest BCUT2D eigenvalue weighted by Crippen LogP contribution is 2.52. The standard InChI is InChI=1S/C41H52ClN3O6S/c1-27-5-3-7-36(49-2)33-11-8-30(33)23-45-25-41(14-4-6-28-19-32(42)10-12-34(28)41)26-51-37-13-9-29(20-35(37)45)38(46)43-52(48,24-27)44-39(47)31-21-40(22-31)15-17-50-18-16-40/h3,7,9-10,12-13,19-20,27,30-31,33,36H,4-6,8,11,14-18,21-26H2,1-2H3,(H,43,44,46,47,48)/b7-3+/t27-,30-,33+,36-,41-,52-/m0/s1. The fraction of sp³-hybridized carbons (Fsp3) is 0.610. The van der Waals surface area contributed by atoms with Gasteiger partial charge in [-0.3, -0.25) is 14.3 Å². The van der Waals surface area contributed by atoms with Gasteiger partial charge in [0.25, 0.3) is 5.91 Å². The number of nitrogens with zero attached hydrogens (tertiary/aromatic N) is 2. The molecule has 280 valence electrons. The molecule has 9 nitrogen and oxygen atoms in total. The lowest BCUT2D eigenvalue weighted by atomic mass is 9.58. The summed E-state index contributed by atoms with van der Waals surface area (Å²) in [6.45, 7) is 5.49. The Kier molecular flexibility index (Phi) is 9.98. The van der Waals surface area contributed by atoms with Crippen molar-refractivity contribution >= 4 is 39.0 Å². The Morgan fingerprint density at radius 1 is 1.12 bits per heavy atom. The van der Waals surface area contributed by atoms with E-state index in [1.807, 2.05) is 25.1 Å². The third kappa shape index (κ3) is 7.05. The van der Waals surface area contributed by atoms with E-state index >= 15 is 0 Å². The molecule has 3 aliphatic carbocycles. The minimum atomic E-state index is -3.43. The lowest BCUT2D eigenvalue weighted by molar-refractivity contribution is -0.135. The molecule has 0 radical (unpaired) electrons. The van der Waals surface area contributed by atoms with E-state index in [0.29, 0.717) is 30.4 Å². The molecule has 3 aliphatic heterocycles. The topological polar surface area (TPSA) is 107 Å². The SMILES string of the molecule is CO[C@H]1/C=C/C[C@H](C)C[S@@](=O)(NC(=O)C2CC3(CCOCC3)C2)=NC(=O)c2ccc3c(c2)N(C[C@@H]2CC[C@H]21)C[C@@]1(CCCc2cc(Cl)ccc21)CO3. The molecule has 0 unspecified atom stereocenters. The Balaban J connectivity index is 1.15. The van der Waals surface area contributed by atoms with Gasteiger partial charge < -0.3 is 19.1 Å². The van der Waals surface area contributed by atoms with Crippen LogP contribution < -0.4 is 14.4 Å². The molecular formula is C41H52ClN3O6S. The zero-order valence-corrected chi connectivity index (χ0v) is 32.0. The van der Waals surface area contributed by atoms with Crippen molar-refractivity contribution in [2.45, 2.75) is 82.7 Å². The van der Waals surface area contributed by atoms with Crippen molar-refractivity contribution < 1.29 is 28.0 Å². The monoisotopic (exact) mass is 749 g/mol. The molecule has 2 saturated carbocycles. The average molecular weight is 750 g/mol. The number of rotatable bonds is 3. The first-order valence-electron chi connectivity index (χ1n) is 19.3. The molecule has 3 heterocycles. The summed E-state index contributed by atoms with van der Waals surface area (Å²) < 4.78 is 40.1. The van der Waals surface area contributed by atoms with Gasteiger partial charge in [-0.05, 0) is 129 Å². The molecule has 8 rings (SSSR count).